The molecule has 2 aromatic carbocycles. The van der Waals surface area contributed by atoms with E-state index in [1.165, 1.54) is 0 Å². The molecule has 0 saturated heterocycles. The summed E-state index contributed by atoms with van der Waals surface area (Å²) in [6, 6.07) is 14.5. The van der Waals surface area contributed by atoms with Crippen molar-refractivity contribution in [3.63, 3.8) is 0 Å². The average Bonchev–Trinajstić information content (AvgIpc) is 2.91. The number of anilines is 2. The molecule has 1 N–H and O–H groups in total. The summed E-state index contributed by atoms with van der Waals surface area (Å²) in [6.45, 7) is 1.56. The largest absolute Gasteiger partial charge is 0.357 e. The van der Waals surface area contributed by atoms with E-state index in [9.17, 15) is 9.59 Å². The molecule has 1 aromatic heterocycles. The molecule has 0 fully saturated rings. The number of carbonyl (C=O) groups excluding carboxylic acids is 2. The third-order valence-corrected chi connectivity index (χ3v) is 5.40. The van der Waals surface area contributed by atoms with Crippen LogP contribution in [0.15, 0.2) is 48.5 Å². The lowest BCUT2D eigenvalue weighted by Gasteiger charge is -2.23. The lowest BCUT2D eigenvalue weighted by molar-refractivity contribution is -0.118. The minimum absolute atomic E-state index is 0.101. The van der Waals surface area contributed by atoms with E-state index in [0.717, 1.165) is 24.0 Å². The number of amides is 2. The van der Waals surface area contributed by atoms with Crippen molar-refractivity contribution in [3.05, 3.63) is 59.1 Å². The summed E-state index contributed by atoms with van der Waals surface area (Å²) in [5.41, 5.74) is 1.94. The summed E-state index contributed by atoms with van der Waals surface area (Å²) < 4.78 is 0. The number of para-hydroxylation sites is 2. The SMILES string of the molecule is CN1CCCN(C(=O)CCNC(=O)c2ccccc2Cl)c2nc3ccccc3nc21. The molecule has 0 atom stereocenters. The number of nitrogens with zero attached hydrogens (tertiary/aromatic N) is 4. The van der Waals surface area contributed by atoms with Gasteiger partial charge in [-0.1, -0.05) is 35.9 Å². The fourth-order valence-corrected chi connectivity index (χ4v) is 3.72. The third-order valence-electron chi connectivity index (χ3n) is 5.07. The van der Waals surface area contributed by atoms with Gasteiger partial charge in [-0.3, -0.25) is 14.5 Å². The molecule has 1 aliphatic heterocycles. The van der Waals surface area contributed by atoms with Crippen LogP contribution < -0.4 is 15.1 Å². The average molecular weight is 424 g/mol. The first kappa shape index (κ1) is 20.1. The van der Waals surface area contributed by atoms with Crippen molar-refractivity contribution in [2.45, 2.75) is 12.8 Å². The van der Waals surface area contributed by atoms with Crippen LogP contribution in [0, 0.1) is 0 Å². The number of rotatable bonds is 4. The fourth-order valence-electron chi connectivity index (χ4n) is 3.50. The molecule has 154 valence electrons. The molecule has 3 aromatic rings. The summed E-state index contributed by atoms with van der Waals surface area (Å²) in [5, 5.41) is 3.15. The van der Waals surface area contributed by atoms with Crippen LogP contribution in [0.25, 0.3) is 11.0 Å². The minimum atomic E-state index is -0.296. The van der Waals surface area contributed by atoms with E-state index in [1.807, 2.05) is 36.2 Å². The van der Waals surface area contributed by atoms with Gasteiger partial charge in [0, 0.05) is 33.1 Å². The van der Waals surface area contributed by atoms with Crippen LogP contribution in [0.5, 0.6) is 0 Å². The molecule has 1 aliphatic rings. The highest BCUT2D eigenvalue weighted by molar-refractivity contribution is 6.33. The molecule has 0 spiro atoms. The van der Waals surface area contributed by atoms with Gasteiger partial charge < -0.3 is 10.2 Å². The number of hydrogen-bond acceptors (Lipinski definition) is 5. The zero-order valence-electron chi connectivity index (χ0n) is 16.6. The number of fused-ring (bicyclic) bond motifs is 2. The minimum Gasteiger partial charge on any atom is -0.357 e. The van der Waals surface area contributed by atoms with Crippen LogP contribution in [0.3, 0.4) is 0 Å². The van der Waals surface area contributed by atoms with E-state index in [0.29, 0.717) is 28.8 Å². The molecule has 8 heteroatoms. The molecule has 2 heterocycles. The van der Waals surface area contributed by atoms with Crippen LogP contribution >= 0.6 is 11.6 Å². The highest BCUT2D eigenvalue weighted by Gasteiger charge is 2.26. The Balaban J connectivity index is 1.50. The van der Waals surface area contributed by atoms with Gasteiger partial charge in [-0.05, 0) is 30.7 Å². The second-order valence-corrected chi connectivity index (χ2v) is 7.57. The van der Waals surface area contributed by atoms with Gasteiger partial charge in [0.25, 0.3) is 5.91 Å². The van der Waals surface area contributed by atoms with E-state index in [1.54, 1.807) is 29.2 Å². The Labute approximate surface area is 179 Å². The van der Waals surface area contributed by atoms with E-state index in [-0.39, 0.29) is 24.8 Å². The molecular formula is C22H22ClN5O2. The number of carbonyl (C=O) groups is 2. The zero-order valence-corrected chi connectivity index (χ0v) is 17.4. The number of nitrogens with one attached hydrogen (secondary N) is 1. The Morgan fingerprint density at radius 2 is 1.67 bits per heavy atom. The second kappa shape index (κ2) is 8.67. The van der Waals surface area contributed by atoms with E-state index in [4.69, 9.17) is 21.6 Å². The standard InChI is InChI=1S/C22H22ClN5O2/c1-27-13-6-14-28(21-20(27)25-17-9-4-5-10-18(17)26-21)19(29)11-12-24-22(30)15-7-2-3-8-16(15)23/h2-5,7-10H,6,11-14H2,1H3,(H,24,30). The van der Waals surface area contributed by atoms with Gasteiger partial charge in [0.1, 0.15) is 0 Å². The summed E-state index contributed by atoms with van der Waals surface area (Å²) in [7, 11) is 1.96. The lowest BCUT2D eigenvalue weighted by atomic mass is 10.2. The predicted octanol–water partition coefficient (Wildman–Crippen LogP) is 3.28. The Morgan fingerprint density at radius 3 is 2.40 bits per heavy atom. The molecule has 7 nitrogen and oxygen atoms in total. The highest BCUT2D eigenvalue weighted by atomic mass is 35.5. The van der Waals surface area contributed by atoms with Gasteiger partial charge in [0.2, 0.25) is 5.91 Å². The smallest absolute Gasteiger partial charge is 0.252 e. The molecule has 0 bridgehead atoms. The van der Waals surface area contributed by atoms with E-state index in [2.05, 4.69) is 5.32 Å². The van der Waals surface area contributed by atoms with Crippen LogP contribution in [0.2, 0.25) is 5.02 Å². The van der Waals surface area contributed by atoms with Crippen molar-refractivity contribution in [3.8, 4) is 0 Å². The van der Waals surface area contributed by atoms with Crippen molar-refractivity contribution in [2.75, 3.05) is 36.5 Å². The maximum Gasteiger partial charge on any atom is 0.252 e. The first-order chi connectivity index (χ1) is 14.5. The molecule has 30 heavy (non-hydrogen) atoms. The topological polar surface area (TPSA) is 78.4 Å². The first-order valence-corrected chi connectivity index (χ1v) is 10.2. The summed E-state index contributed by atoms with van der Waals surface area (Å²) in [5.74, 6) is 0.863. The molecular weight excluding hydrogens is 402 g/mol. The summed E-state index contributed by atoms with van der Waals surface area (Å²) >= 11 is 6.06. The van der Waals surface area contributed by atoms with Crippen molar-refractivity contribution >= 4 is 46.1 Å². The molecule has 0 aliphatic carbocycles. The Morgan fingerprint density at radius 1 is 1.00 bits per heavy atom. The summed E-state index contributed by atoms with van der Waals surface area (Å²) in [4.78, 5) is 38.5. The van der Waals surface area contributed by atoms with Crippen LogP contribution in [-0.2, 0) is 4.79 Å². The van der Waals surface area contributed by atoms with Gasteiger partial charge in [0.05, 0.1) is 21.6 Å². The van der Waals surface area contributed by atoms with E-state index >= 15 is 0 Å². The van der Waals surface area contributed by atoms with Gasteiger partial charge in [-0.2, -0.15) is 0 Å². The first-order valence-electron chi connectivity index (χ1n) is 9.85. The number of benzene rings is 2. The Hall–Kier alpha value is -3.19. The lowest BCUT2D eigenvalue weighted by Crippen LogP contribution is -2.35. The molecule has 2 amide bonds. The fraction of sp³-hybridized carbons (Fsp3) is 0.273. The van der Waals surface area contributed by atoms with Gasteiger partial charge in [-0.15, -0.1) is 0 Å². The number of aromatic nitrogens is 2. The maximum absolute atomic E-state index is 13.0. The maximum atomic E-state index is 13.0. The monoisotopic (exact) mass is 423 g/mol. The normalized spacial score (nSPS) is 13.7. The Kier molecular flexibility index (Phi) is 5.81. The van der Waals surface area contributed by atoms with Crippen molar-refractivity contribution in [1.82, 2.24) is 15.3 Å². The van der Waals surface area contributed by atoms with Crippen LogP contribution in [0.1, 0.15) is 23.2 Å². The Bertz CT molecular complexity index is 1100. The van der Waals surface area contributed by atoms with Gasteiger partial charge in [-0.25, -0.2) is 9.97 Å². The van der Waals surface area contributed by atoms with Gasteiger partial charge in [0.15, 0.2) is 11.6 Å². The molecule has 4 rings (SSSR count). The molecule has 0 radical (unpaired) electrons. The second-order valence-electron chi connectivity index (χ2n) is 7.17. The van der Waals surface area contributed by atoms with Crippen molar-refractivity contribution < 1.29 is 9.59 Å². The van der Waals surface area contributed by atoms with E-state index < -0.39 is 0 Å². The van der Waals surface area contributed by atoms with Gasteiger partial charge >= 0.3 is 0 Å². The quantitative estimate of drug-likeness (QED) is 0.696. The third kappa shape index (κ3) is 4.07. The van der Waals surface area contributed by atoms with Crippen molar-refractivity contribution in [2.24, 2.45) is 0 Å². The predicted molar refractivity (Wildman–Crippen MR) is 118 cm³/mol. The molecule has 0 unspecified atom stereocenters. The number of hydrogen-bond donors (Lipinski definition) is 1. The summed E-state index contributed by atoms with van der Waals surface area (Å²) in [6.07, 6.45) is 0.969. The highest BCUT2D eigenvalue weighted by Crippen LogP contribution is 2.30. The van der Waals surface area contributed by atoms with Crippen LogP contribution in [-0.4, -0.2) is 48.5 Å². The zero-order chi connectivity index (χ0) is 21.1. The number of halogens is 1. The van der Waals surface area contributed by atoms with Crippen LogP contribution in [0.4, 0.5) is 11.6 Å². The molecule has 0 saturated carbocycles. The van der Waals surface area contributed by atoms with Crippen molar-refractivity contribution in [1.29, 1.82) is 0 Å².